The van der Waals surface area contributed by atoms with Crippen molar-refractivity contribution < 1.29 is 14.3 Å². The zero-order chi connectivity index (χ0) is 15.1. The average molecular weight is 318 g/mol. The van der Waals surface area contributed by atoms with Crippen molar-refractivity contribution in [2.75, 3.05) is 13.2 Å². The van der Waals surface area contributed by atoms with E-state index in [1.54, 1.807) is 11.3 Å². The van der Waals surface area contributed by atoms with Crippen molar-refractivity contribution in [2.45, 2.75) is 32.7 Å². The first-order valence-corrected chi connectivity index (χ1v) is 8.59. The highest BCUT2D eigenvalue weighted by atomic mass is 32.1. The fourth-order valence-corrected chi connectivity index (χ4v) is 3.95. The molecule has 1 amide bonds. The molecule has 0 spiro atoms. The monoisotopic (exact) mass is 318 g/mol. The summed E-state index contributed by atoms with van der Waals surface area (Å²) in [5.41, 5.74) is 1.05. The van der Waals surface area contributed by atoms with Gasteiger partial charge in [-0.05, 0) is 19.8 Å². The number of amides is 1. The molecule has 0 saturated heterocycles. The third-order valence-electron chi connectivity index (χ3n) is 4.32. The maximum absolute atomic E-state index is 12.2. The van der Waals surface area contributed by atoms with Gasteiger partial charge in [0.2, 0.25) is 0 Å². The molecule has 4 rings (SSSR count). The Morgan fingerprint density at radius 1 is 1.32 bits per heavy atom. The van der Waals surface area contributed by atoms with E-state index in [0.717, 1.165) is 52.3 Å². The summed E-state index contributed by atoms with van der Waals surface area (Å²) in [4.78, 5) is 17.3. The minimum atomic E-state index is 0.0252. The van der Waals surface area contributed by atoms with Crippen LogP contribution in [0.2, 0.25) is 0 Å². The molecular weight excluding hydrogens is 300 g/mol. The second kappa shape index (κ2) is 5.43. The topological polar surface area (TPSA) is 52.8 Å². The lowest BCUT2D eigenvalue weighted by Crippen LogP contribution is -2.24. The molecule has 1 fully saturated rings. The molecule has 2 aromatic rings. The molecular formula is C16H18N2O3S. The summed E-state index contributed by atoms with van der Waals surface area (Å²) in [7, 11) is 0. The van der Waals surface area contributed by atoms with Crippen molar-refractivity contribution in [3.63, 3.8) is 0 Å². The van der Waals surface area contributed by atoms with Gasteiger partial charge in [0.05, 0.1) is 10.2 Å². The van der Waals surface area contributed by atoms with Crippen LogP contribution in [0.1, 0.15) is 26.2 Å². The van der Waals surface area contributed by atoms with Gasteiger partial charge in [-0.2, -0.15) is 4.99 Å². The fraction of sp³-hybridized carbons (Fsp3) is 0.500. The summed E-state index contributed by atoms with van der Waals surface area (Å²) in [6.07, 6.45) is 3.11. The van der Waals surface area contributed by atoms with Crippen LogP contribution in [0.5, 0.6) is 11.5 Å². The first kappa shape index (κ1) is 13.8. The van der Waals surface area contributed by atoms with Gasteiger partial charge in [0.1, 0.15) is 13.2 Å². The van der Waals surface area contributed by atoms with Gasteiger partial charge in [-0.1, -0.05) is 17.8 Å². The summed E-state index contributed by atoms with van der Waals surface area (Å²) < 4.78 is 14.4. The molecule has 22 heavy (non-hydrogen) atoms. The van der Waals surface area contributed by atoms with Gasteiger partial charge in [-0.3, -0.25) is 4.79 Å². The number of rotatable bonds is 2. The van der Waals surface area contributed by atoms with Gasteiger partial charge in [-0.15, -0.1) is 0 Å². The Bertz CT molecular complexity index is 802. The Morgan fingerprint density at radius 3 is 2.68 bits per heavy atom. The molecule has 0 N–H and O–H groups in total. The van der Waals surface area contributed by atoms with Crippen molar-refractivity contribution in [1.29, 1.82) is 0 Å². The van der Waals surface area contributed by atoms with Crippen LogP contribution in [-0.2, 0) is 11.3 Å². The minimum absolute atomic E-state index is 0.0252. The number of hydrogen-bond acceptors (Lipinski definition) is 4. The zero-order valence-corrected chi connectivity index (χ0v) is 13.3. The maximum atomic E-state index is 12.2. The summed E-state index contributed by atoms with van der Waals surface area (Å²) in [5, 5.41) is 0. The average Bonchev–Trinajstić information content (AvgIpc) is 2.78. The first-order valence-electron chi connectivity index (χ1n) is 7.78. The quantitative estimate of drug-likeness (QED) is 0.855. The van der Waals surface area contributed by atoms with E-state index < -0.39 is 0 Å². The molecule has 1 aromatic heterocycles. The molecule has 0 atom stereocenters. The van der Waals surface area contributed by atoms with E-state index >= 15 is 0 Å². The predicted octanol–water partition coefficient (Wildman–Crippen LogP) is 2.72. The number of carbonyl (C=O) groups is 1. The SMILES string of the molecule is CCn1c(=NC(=O)C2CCC2)sc2cc3c(cc21)OCCO3. The molecule has 1 aliphatic carbocycles. The Hall–Kier alpha value is -1.82. The molecule has 0 radical (unpaired) electrons. The van der Waals surface area contributed by atoms with Gasteiger partial charge in [0.15, 0.2) is 16.3 Å². The van der Waals surface area contributed by atoms with Crippen molar-refractivity contribution in [2.24, 2.45) is 10.9 Å². The second-order valence-corrected chi connectivity index (χ2v) is 6.68. The van der Waals surface area contributed by atoms with E-state index in [-0.39, 0.29) is 11.8 Å². The van der Waals surface area contributed by atoms with E-state index in [4.69, 9.17) is 9.47 Å². The fourth-order valence-electron chi connectivity index (χ4n) is 2.84. The normalized spacial score (nSPS) is 18.5. The van der Waals surface area contributed by atoms with Crippen LogP contribution in [0.25, 0.3) is 10.2 Å². The molecule has 5 nitrogen and oxygen atoms in total. The summed E-state index contributed by atoms with van der Waals surface area (Å²) in [6.45, 7) is 3.99. The van der Waals surface area contributed by atoms with E-state index in [2.05, 4.69) is 16.5 Å². The zero-order valence-electron chi connectivity index (χ0n) is 12.5. The number of aromatic nitrogens is 1. The molecule has 2 heterocycles. The summed E-state index contributed by atoms with van der Waals surface area (Å²) >= 11 is 1.54. The van der Waals surface area contributed by atoms with Crippen molar-refractivity contribution in [1.82, 2.24) is 4.57 Å². The van der Waals surface area contributed by atoms with E-state index in [0.29, 0.717) is 13.2 Å². The van der Waals surface area contributed by atoms with Crippen molar-refractivity contribution in [3.8, 4) is 11.5 Å². The number of benzene rings is 1. The Balaban J connectivity index is 1.84. The van der Waals surface area contributed by atoms with Crippen LogP contribution in [0.15, 0.2) is 17.1 Å². The molecule has 1 aliphatic heterocycles. The number of ether oxygens (including phenoxy) is 2. The van der Waals surface area contributed by atoms with E-state index in [1.807, 2.05) is 12.1 Å². The van der Waals surface area contributed by atoms with Crippen LogP contribution in [-0.4, -0.2) is 23.7 Å². The second-order valence-electron chi connectivity index (χ2n) is 5.67. The van der Waals surface area contributed by atoms with Crippen molar-refractivity contribution in [3.05, 3.63) is 16.9 Å². The van der Waals surface area contributed by atoms with Crippen LogP contribution in [0.4, 0.5) is 0 Å². The molecule has 1 saturated carbocycles. The number of hydrogen-bond donors (Lipinski definition) is 0. The van der Waals surface area contributed by atoms with E-state index in [9.17, 15) is 4.79 Å². The number of aryl methyl sites for hydroxylation is 1. The van der Waals surface area contributed by atoms with Crippen molar-refractivity contribution >= 4 is 27.5 Å². The summed E-state index contributed by atoms with van der Waals surface area (Å²) in [5.74, 6) is 1.71. The largest absolute Gasteiger partial charge is 0.486 e. The van der Waals surface area contributed by atoms with E-state index in [1.165, 1.54) is 0 Å². The smallest absolute Gasteiger partial charge is 0.251 e. The highest BCUT2D eigenvalue weighted by Crippen LogP contribution is 2.35. The number of carbonyl (C=O) groups excluding carboxylic acids is 1. The highest BCUT2D eigenvalue weighted by molar-refractivity contribution is 7.16. The van der Waals surface area contributed by atoms with Gasteiger partial charge in [-0.25, -0.2) is 0 Å². The molecule has 6 heteroatoms. The lowest BCUT2D eigenvalue weighted by atomic mass is 9.85. The number of nitrogens with zero attached hydrogens (tertiary/aromatic N) is 2. The maximum Gasteiger partial charge on any atom is 0.251 e. The Kier molecular flexibility index (Phi) is 3.41. The molecule has 0 bridgehead atoms. The highest BCUT2D eigenvalue weighted by Gasteiger charge is 2.25. The number of thiazole rings is 1. The molecule has 1 aromatic carbocycles. The van der Waals surface area contributed by atoms with Crippen LogP contribution >= 0.6 is 11.3 Å². The van der Waals surface area contributed by atoms with Crippen LogP contribution < -0.4 is 14.3 Å². The predicted molar refractivity (Wildman–Crippen MR) is 84.4 cm³/mol. The molecule has 2 aliphatic rings. The third-order valence-corrected chi connectivity index (χ3v) is 5.36. The molecule has 116 valence electrons. The van der Waals surface area contributed by atoms with Gasteiger partial charge in [0.25, 0.3) is 5.91 Å². The first-order chi connectivity index (χ1) is 10.8. The Labute approximate surface area is 132 Å². The standard InChI is InChI=1S/C16H18N2O3S/c1-2-18-11-8-12-13(21-7-6-20-12)9-14(11)22-16(18)17-15(19)10-4-3-5-10/h8-10H,2-7H2,1H3. The minimum Gasteiger partial charge on any atom is -0.486 e. The third kappa shape index (κ3) is 2.22. The van der Waals surface area contributed by atoms with Gasteiger partial charge in [0, 0.05) is 24.6 Å². The lowest BCUT2D eigenvalue weighted by molar-refractivity contribution is -0.124. The lowest BCUT2D eigenvalue weighted by Gasteiger charge is -2.20. The van der Waals surface area contributed by atoms with Crippen LogP contribution in [0.3, 0.4) is 0 Å². The number of fused-ring (bicyclic) bond motifs is 2. The summed E-state index contributed by atoms with van der Waals surface area (Å²) in [6, 6.07) is 3.99. The van der Waals surface area contributed by atoms with Crippen LogP contribution in [0, 0.1) is 5.92 Å². The molecule has 0 unspecified atom stereocenters. The van der Waals surface area contributed by atoms with Gasteiger partial charge < -0.3 is 14.0 Å². The Morgan fingerprint density at radius 2 is 2.05 bits per heavy atom. The van der Waals surface area contributed by atoms with Gasteiger partial charge >= 0.3 is 0 Å².